The molecule has 0 unspecified atom stereocenters. The first-order valence-electron chi connectivity index (χ1n) is 11.1. The van der Waals surface area contributed by atoms with Crippen LogP contribution in [0.2, 0.25) is 0 Å². The van der Waals surface area contributed by atoms with Gasteiger partial charge in [-0.1, -0.05) is 25.1 Å². The van der Waals surface area contributed by atoms with Gasteiger partial charge in [0.2, 0.25) is 5.91 Å². The molecule has 3 heterocycles. The van der Waals surface area contributed by atoms with Crippen LogP contribution in [0.5, 0.6) is 5.75 Å². The van der Waals surface area contributed by atoms with Crippen molar-refractivity contribution in [3.8, 4) is 5.75 Å². The van der Waals surface area contributed by atoms with E-state index in [0.717, 1.165) is 68.0 Å². The summed E-state index contributed by atoms with van der Waals surface area (Å²) < 4.78 is 6.47. The number of hydrogen-bond acceptors (Lipinski definition) is 5. The molecule has 6 nitrogen and oxygen atoms in total. The topological polar surface area (TPSA) is 58.6 Å². The maximum absolute atomic E-state index is 12.2. The average Bonchev–Trinajstić information content (AvgIpc) is 2.96. The van der Waals surface area contributed by atoms with Crippen molar-refractivity contribution >= 4 is 5.91 Å². The van der Waals surface area contributed by atoms with E-state index in [-0.39, 0.29) is 12.0 Å². The molecule has 1 aromatic heterocycles. The number of fused-ring (bicyclic) bond motifs is 1. The summed E-state index contributed by atoms with van der Waals surface area (Å²) in [6, 6.07) is 8.11. The van der Waals surface area contributed by atoms with Crippen molar-refractivity contribution in [2.45, 2.75) is 58.7 Å². The third-order valence-corrected chi connectivity index (χ3v) is 6.16. The fraction of sp³-hybridized carbons (Fsp3) is 0.542. The quantitative estimate of drug-likeness (QED) is 0.758. The molecule has 0 aliphatic carbocycles. The third kappa shape index (κ3) is 4.98. The van der Waals surface area contributed by atoms with Gasteiger partial charge < -0.3 is 9.64 Å². The first-order chi connectivity index (χ1) is 14.6. The fourth-order valence-corrected chi connectivity index (χ4v) is 4.53. The van der Waals surface area contributed by atoms with E-state index in [9.17, 15) is 4.79 Å². The number of para-hydroxylation sites is 1. The number of ether oxygens (including phenoxy) is 1. The monoisotopic (exact) mass is 408 g/mol. The number of piperidine rings is 1. The Morgan fingerprint density at radius 2 is 2.00 bits per heavy atom. The van der Waals surface area contributed by atoms with Gasteiger partial charge in [-0.05, 0) is 31.9 Å². The Hall–Kier alpha value is -2.47. The van der Waals surface area contributed by atoms with Gasteiger partial charge >= 0.3 is 0 Å². The van der Waals surface area contributed by atoms with Gasteiger partial charge in [0.25, 0.3) is 0 Å². The van der Waals surface area contributed by atoms with Crippen LogP contribution >= 0.6 is 0 Å². The van der Waals surface area contributed by atoms with Gasteiger partial charge in [0.15, 0.2) is 0 Å². The highest BCUT2D eigenvalue weighted by molar-refractivity contribution is 5.73. The summed E-state index contributed by atoms with van der Waals surface area (Å²) in [5.41, 5.74) is 2.25. The lowest BCUT2D eigenvalue weighted by Crippen LogP contribution is -2.46. The highest BCUT2D eigenvalue weighted by atomic mass is 16.5. The summed E-state index contributed by atoms with van der Waals surface area (Å²) in [6.45, 7) is 7.98. The molecule has 4 rings (SSSR count). The Labute approximate surface area is 179 Å². The molecule has 1 fully saturated rings. The van der Waals surface area contributed by atoms with Crippen LogP contribution in [0.3, 0.4) is 0 Å². The number of rotatable bonds is 5. The van der Waals surface area contributed by atoms with E-state index in [1.165, 1.54) is 0 Å². The SMILES string of the molecule is CCCc1ncc(CN2CCC[C@@H]([C@H]3CN(C(C)=O)Cc4ccccc4O3)C2)cn1. The van der Waals surface area contributed by atoms with Gasteiger partial charge in [0.1, 0.15) is 17.7 Å². The number of nitrogens with zero attached hydrogens (tertiary/aromatic N) is 4. The minimum absolute atomic E-state index is 0.0172. The molecule has 0 N–H and O–H groups in total. The van der Waals surface area contributed by atoms with Crippen molar-refractivity contribution in [1.82, 2.24) is 19.8 Å². The van der Waals surface area contributed by atoms with Crippen molar-refractivity contribution in [1.29, 1.82) is 0 Å². The van der Waals surface area contributed by atoms with Gasteiger partial charge in [-0.25, -0.2) is 9.97 Å². The second kappa shape index (κ2) is 9.56. The molecule has 1 aromatic carbocycles. The van der Waals surface area contributed by atoms with Crippen LogP contribution in [-0.4, -0.2) is 51.4 Å². The molecule has 2 aromatic rings. The van der Waals surface area contributed by atoms with Gasteiger partial charge in [0.05, 0.1) is 6.54 Å². The van der Waals surface area contributed by atoms with Crippen molar-refractivity contribution < 1.29 is 9.53 Å². The zero-order valence-corrected chi connectivity index (χ0v) is 18.1. The van der Waals surface area contributed by atoms with E-state index in [0.29, 0.717) is 19.0 Å². The molecule has 2 atom stereocenters. The number of benzene rings is 1. The zero-order chi connectivity index (χ0) is 20.9. The predicted octanol–water partition coefficient (Wildman–Crippen LogP) is 3.45. The minimum atomic E-state index is 0.0172. The summed E-state index contributed by atoms with van der Waals surface area (Å²) in [5.74, 6) is 2.35. The van der Waals surface area contributed by atoms with Gasteiger partial charge in [-0.3, -0.25) is 9.69 Å². The van der Waals surface area contributed by atoms with Crippen LogP contribution in [0.25, 0.3) is 0 Å². The molecule has 0 radical (unpaired) electrons. The van der Waals surface area contributed by atoms with Gasteiger partial charge in [-0.15, -0.1) is 0 Å². The Morgan fingerprint density at radius 1 is 1.20 bits per heavy atom. The molecular weight excluding hydrogens is 376 g/mol. The molecule has 160 valence electrons. The van der Waals surface area contributed by atoms with Crippen LogP contribution in [-0.2, 0) is 24.3 Å². The molecule has 1 amide bonds. The van der Waals surface area contributed by atoms with E-state index >= 15 is 0 Å². The van der Waals surface area contributed by atoms with Crippen molar-refractivity contribution in [3.63, 3.8) is 0 Å². The number of amides is 1. The second-order valence-electron chi connectivity index (χ2n) is 8.56. The first kappa shape index (κ1) is 20.8. The molecule has 0 bridgehead atoms. The lowest BCUT2D eigenvalue weighted by molar-refractivity contribution is -0.130. The van der Waals surface area contributed by atoms with E-state index in [1.54, 1.807) is 6.92 Å². The first-order valence-corrected chi connectivity index (χ1v) is 11.1. The van der Waals surface area contributed by atoms with Gasteiger partial charge in [0, 0.05) is 62.4 Å². The normalized spacial score (nSPS) is 22.1. The highest BCUT2D eigenvalue weighted by Gasteiger charge is 2.33. The molecule has 30 heavy (non-hydrogen) atoms. The zero-order valence-electron chi connectivity index (χ0n) is 18.1. The van der Waals surface area contributed by atoms with E-state index in [1.807, 2.05) is 35.5 Å². The van der Waals surface area contributed by atoms with E-state index < -0.39 is 0 Å². The number of aryl methyl sites for hydroxylation is 1. The maximum atomic E-state index is 12.2. The Bertz CT molecular complexity index is 855. The lowest BCUT2D eigenvalue weighted by atomic mass is 9.91. The number of likely N-dealkylation sites (tertiary alicyclic amines) is 1. The fourth-order valence-electron chi connectivity index (χ4n) is 4.53. The summed E-state index contributed by atoms with van der Waals surface area (Å²) in [5, 5.41) is 0. The Kier molecular flexibility index (Phi) is 6.62. The summed E-state index contributed by atoms with van der Waals surface area (Å²) in [7, 11) is 0. The molecule has 1 saturated heterocycles. The number of aromatic nitrogens is 2. The summed E-state index contributed by atoms with van der Waals surface area (Å²) in [4.78, 5) is 25.6. The third-order valence-electron chi connectivity index (χ3n) is 6.16. The maximum Gasteiger partial charge on any atom is 0.219 e. The minimum Gasteiger partial charge on any atom is -0.488 e. The lowest BCUT2D eigenvalue weighted by Gasteiger charge is -2.37. The van der Waals surface area contributed by atoms with Crippen LogP contribution in [0.15, 0.2) is 36.7 Å². The number of hydrogen-bond donors (Lipinski definition) is 0. The van der Waals surface area contributed by atoms with Crippen molar-refractivity contribution in [2.75, 3.05) is 19.6 Å². The Balaban J connectivity index is 1.44. The average molecular weight is 409 g/mol. The molecule has 2 aliphatic rings. The largest absolute Gasteiger partial charge is 0.488 e. The standard InChI is InChI=1S/C24H32N4O2/c1-3-7-24-25-12-19(13-26-24)14-27-11-6-9-20(15-27)23-17-28(18(2)29)16-21-8-4-5-10-22(21)30-23/h4-5,8,10,12-13,20,23H,3,6-7,9,11,14-17H2,1-2H3/t20-,23-/m1/s1. The summed E-state index contributed by atoms with van der Waals surface area (Å²) in [6.07, 6.45) is 8.22. The molecular formula is C24H32N4O2. The van der Waals surface area contributed by atoms with Crippen LogP contribution in [0.4, 0.5) is 0 Å². The van der Waals surface area contributed by atoms with Crippen LogP contribution in [0.1, 0.15) is 50.1 Å². The second-order valence-corrected chi connectivity index (χ2v) is 8.56. The molecule has 2 aliphatic heterocycles. The van der Waals surface area contributed by atoms with Crippen LogP contribution in [0, 0.1) is 5.92 Å². The Morgan fingerprint density at radius 3 is 2.77 bits per heavy atom. The molecule has 6 heteroatoms. The molecule has 0 spiro atoms. The van der Waals surface area contributed by atoms with Crippen molar-refractivity contribution in [2.24, 2.45) is 5.92 Å². The molecule has 0 saturated carbocycles. The number of carbonyl (C=O) groups excluding carboxylic acids is 1. The number of carbonyl (C=O) groups is 1. The predicted molar refractivity (Wildman–Crippen MR) is 116 cm³/mol. The van der Waals surface area contributed by atoms with Crippen LogP contribution < -0.4 is 4.74 Å². The smallest absolute Gasteiger partial charge is 0.219 e. The van der Waals surface area contributed by atoms with Gasteiger partial charge in [-0.2, -0.15) is 0 Å². The highest BCUT2D eigenvalue weighted by Crippen LogP contribution is 2.30. The summed E-state index contributed by atoms with van der Waals surface area (Å²) >= 11 is 0. The van der Waals surface area contributed by atoms with E-state index in [4.69, 9.17) is 4.74 Å². The van der Waals surface area contributed by atoms with Crippen molar-refractivity contribution in [3.05, 3.63) is 53.6 Å². The van der Waals surface area contributed by atoms with E-state index in [2.05, 4.69) is 27.9 Å².